The Morgan fingerprint density at radius 1 is 1.33 bits per heavy atom. The first-order valence-corrected chi connectivity index (χ1v) is 7.62. The van der Waals surface area contributed by atoms with Crippen LogP contribution >= 0.6 is 11.3 Å². The molecule has 1 aliphatic rings. The molecule has 1 nitrogen and oxygen atoms in total. The highest BCUT2D eigenvalue weighted by atomic mass is 32.1. The monoisotopic (exact) mass is 259 g/mol. The van der Waals surface area contributed by atoms with Gasteiger partial charge in [-0.2, -0.15) is 0 Å². The second-order valence-electron chi connectivity index (χ2n) is 6.00. The number of fused-ring (bicyclic) bond motifs is 1. The fourth-order valence-corrected chi connectivity index (χ4v) is 3.73. The van der Waals surface area contributed by atoms with Gasteiger partial charge in [0.25, 0.3) is 0 Å². The Labute approximate surface area is 113 Å². The Morgan fingerprint density at radius 3 is 2.72 bits per heavy atom. The minimum atomic E-state index is 0.472. The van der Waals surface area contributed by atoms with Gasteiger partial charge >= 0.3 is 0 Å². The topological polar surface area (TPSA) is 12.0 Å². The van der Waals surface area contributed by atoms with E-state index in [4.69, 9.17) is 0 Å². The van der Waals surface area contributed by atoms with E-state index in [9.17, 15) is 0 Å². The van der Waals surface area contributed by atoms with E-state index in [-0.39, 0.29) is 0 Å². The molecule has 0 bridgehead atoms. The molecule has 2 heteroatoms. The Balaban J connectivity index is 1.82. The standard InChI is InChI=1S/C16H21NS/c1-11-13-6-4-5-7-14(13)18-15(11)12(2)17-10-16(3)8-9-16/h4-7,12,17H,8-10H2,1-3H3. The van der Waals surface area contributed by atoms with Crippen molar-refractivity contribution in [3.05, 3.63) is 34.7 Å². The van der Waals surface area contributed by atoms with Crippen LogP contribution in [0.4, 0.5) is 0 Å². The summed E-state index contributed by atoms with van der Waals surface area (Å²) in [5, 5.41) is 5.13. The molecule has 1 atom stereocenters. The van der Waals surface area contributed by atoms with Gasteiger partial charge in [-0.3, -0.25) is 0 Å². The molecule has 0 saturated heterocycles. The van der Waals surface area contributed by atoms with Gasteiger partial charge in [0.05, 0.1) is 0 Å². The van der Waals surface area contributed by atoms with Crippen molar-refractivity contribution in [3.8, 4) is 0 Å². The van der Waals surface area contributed by atoms with E-state index < -0.39 is 0 Å². The van der Waals surface area contributed by atoms with Crippen LogP contribution in [0.2, 0.25) is 0 Å². The minimum Gasteiger partial charge on any atom is -0.309 e. The van der Waals surface area contributed by atoms with Crippen molar-refractivity contribution in [2.45, 2.75) is 39.7 Å². The number of hydrogen-bond acceptors (Lipinski definition) is 2. The summed E-state index contributed by atoms with van der Waals surface area (Å²) < 4.78 is 1.41. The minimum absolute atomic E-state index is 0.472. The van der Waals surface area contributed by atoms with Gasteiger partial charge in [0.2, 0.25) is 0 Å². The fraction of sp³-hybridized carbons (Fsp3) is 0.500. The third-order valence-corrected chi connectivity index (χ3v) is 5.67. The molecule has 1 heterocycles. The summed E-state index contributed by atoms with van der Waals surface area (Å²) in [6.07, 6.45) is 2.77. The molecule has 18 heavy (non-hydrogen) atoms. The average molecular weight is 259 g/mol. The van der Waals surface area contributed by atoms with Gasteiger partial charge in [-0.15, -0.1) is 11.3 Å². The molecule has 0 aliphatic heterocycles. The SMILES string of the molecule is Cc1c(C(C)NCC2(C)CC2)sc2ccccc12. The van der Waals surface area contributed by atoms with Crippen molar-refractivity contribution in [3.63, 3.8) is 0 Å². The molecule has 0 spiro atoms. The maximum absolute atomic E-state index is 3.71. The van der Waals surface area contributed by atoms with Crippen LogP contribution in [-0.2, 0) is 0 Å². The van der Waals surface area contributed by atoms with E-state index in [0.717, 1.165) is 6.54 Å². The number of benzene rings is 1. The van der Waals surface area contributed by atoms with Gasteiger partial charge < -0.3 is 5.32 Å². The van der Waals surface area contributed by atoms with Crippen molar-refractivity contribution < 1.29 is 0 Å². The number of nitrogens with one attached hydrogen (secondary N) is 1. The van der Waals surface area contributed by atoms with Crippen LogP contribution in [0.25, 0.3) is 10.1 Å². The van der Waals surface area contributed by atoms with Gasteiger partial charge in [-0.1, -0.05) is 25.1 Å². The number of aryl methyl sites for hydroxylation is 1. The van der Waals surface area contributed by atoms with Crippen molar-refractivity contribution in [2.24, 2.45) is 5.41 Å². The van der Waals surface area contributed by atoms with Crippen molar-refractivity contribution in [1.82, 2.24) is 5.32 Å². The van der Waals surface area contributed by atoms with E-state index in [1.807, 2.05) is 11.3 Å². The summed E-state index contributed by atoms with van der Waals surface area (Å²) in [4.78, 5) is 1.50. The highest BCUT2D eigenvalue weighted by Crippen LogP contribution is 2.44. The molecule has 1 aromatic carbocycles. The largest absolute Gasteiger partial charge is 0.309 e. The molecule has 3 rings (SSSR count). The maximum Gasteiger partial charge on any atom is 0.0389 e. The third-order valence-electron chi connectivity index (χ3n) is 4.21. The molecule has 1 N–H and O–H groups in total. The number of rotatable bonds is 4. The van der Waals surface area contributed by atoms with Crippen LogP contribution in [0.5, 0.6) is 0 Å². The summed E-state index contributed by atoms with van der Waals surface area (Å²) >= 11 is 1.94. The second kappa shape index (κ2) is 4.36. The van der Waals surface area contributed by atoms with Gasteiger partial charge in [-0.25, -0.2) is 0 Å². The zero-order chi connectivity index (χ0) is 12.8. The summed E-state index contributed by atoms with van der Waals surface area (Å²) in [5.74, 6) is 0. The summed E-state index contributed by atoms with van der Waals surface area (Å²) in [6.45, 7) is 8.08. The zero-order valence-electron chi connectivity index (χ0n) is 11.4. The van der Waals surface area contributed by atoms with Crippen molar-refractivity contribution >= 4 is 21.4 Å². The van der Waals surface area contributed by atoms with Gasteiger partial charge in [-0.05, 0) is 49.1 Å². The third kappa shape index (κ3) is 2.19. The highest BCUT2D eigenvalue weighted by Gasteiger charge is 2.37. The van der Waals surface area contributed by atoms with Crippen molar-refractivity contribution in [1.29, 1.82) is 0 Å². The quantitative estimate of drug-likeness (QED) is 0.842. The smallest absolute Gasteiger partial charge is 0.0389 e. The van der Waals surface area contributed by atoms with Crippen LogP contribution in [0.1, 0.15) is 43.2 Å². The van der Waals surface area contributed by atoms with E-state index in [2.05, 4.69) is 50.4 Å². The first-order chi connectivity index (χ1) is 8.59. The van der Waals surface area contributed by atoms with Crippen LogP contribution in [0.3, 0.4) is 0 Å². The van der Waals surface area contributed by atoms with Gasteiger partial charge in [0.1, 0.15) is 0 Å². The van der Waals surface area contributed by atoms with E-state index in [1.54, 1.807) is 0 Å². The van der Waals surface area contributed by atoms with Gasteiger partial charge in [0.15, 0.2) is 0 Å². The van der Waals surface area contributed by atoms with Gasteiger partial charge in [0, 0.05) is 22.2 Å². The normalized spacial score (nSPS) is 19.1. The van der Waals surface area contributed by atoms with Crippen LogP contribution < -0.4 is 5.32 Å². The Morgan fingerprint density at radius 2 is 2.06 bits per heavy atom. The van der Waals surface area contributed by atoms with E-state index >= 15 is 0 Å². The summed E-state index contributed by atoms with van der Waals surface area (Å²) in [7, 11) is 0. The molecule has 1 aromatic heterocycles. The molecule has 96 valence electrons. The molecule has 0 radical (unpaired) electrons. The summed E-state index contributed by atoms with van der Waals surface area (Å²) in [6, 6.07) is 9.20. The molecule has 1 fully saturated rings. The predicted octanol–water partition coefficient (Wildman–Crippen LogP) is 4.66. The lowest BCUT2D eigenvalue weighted by atomic mass is 10.1. The maximum atomic E-state index is 3.71. The predicted molar refractivity (Wildman–Crippen MR) is 80.3 cm³/mol. The van der Waals surface area contributed by atoms with Crippen LogP contribution in [-0.4, -0.2) is 6.54 Å². The first kappa shape index (κ1) is 12.2. The Bertz CT molecular complexity index is 565. The van der Waals surface area contributed by atoms with E-state index in [1.165, 1.54) is 33.4 Å². The summed E-state index contributed by atoms with van der Waals surface area (Å²) in [5.41, 5.74) is 2.04. The molecule has 1 unspecified atom stereocenters. The molecular weight excluding hydrogens is 238 g/mol. The number of hydrogen-bond donors (Lipinski definition) is 1. The molecule has 0 amide bonds. The highest BCUT2D eigenvalue weighted by molar-refractivity contribution is 7.19. The lowest BCUT2D eigenvalue weighted by molar-refractivity contribution is 0.460. The lowest BCUT2D eigenvalue weighted by Crippen LogP contribution is -2.25. The molecular formula is C16H21NS. The van der Waals surface area contributed by atoms with E-state index in [0.29, 0.717) is 11.5 Å². The first-order valence-electron chi connectivity index (χ1n) is 6.80. The van der Waals surface area contributed by atoms with Crippen LogP contribution in [0.15, 0.2) is 24.3 Å². The number of thiophene rings is 1. The zero-order valence-corrected chi connectivity index (χ0v) is 12.2. The molecule has 2 aromatic rings. The lowest BCUT2D eigenvalue weighted by Gasteiger charge is -2.16. The molecule has 1 saturated carbocycles. The van der Waals surface area contributed by atoms with Crippen LogP contribution in [0, 0.1) is 12.3 Å². The molecule has 1 aliphatic carbocycles. The Kier molecular flexibility index (Phi) is 2.95. The van der Waals surface area contributed by atoms with Crippen molar-refractivity contribution in [2.75, 3.05) is 6.54 Å². The fourth-order valence-electron chi connectivity index (χ4n) is 2.49. The Hall–Kier alpha value is -0.860. The average Bonchev–Trinajstić information content (AvgIpc) is 3.02. The second-order valence-corrected chi connectivity index (χ2v) is 7.08.